The number of carbonyl (C=O) groups is 2. The fraction of sp³-hybridized carbons (Fsp3) is 0.750. The number of carboxylic acid groups (broad SMARTS) is 1. The van der Waals surface area contributed by atoms with Crippen molar-refractivity contribution in [2.45, 2.75) is 12.5 Å². The molecule has 2 N–H and O–H groups in total. The smallest absolute Gasteiger partial charge is 0.329 e. The van der Waals surface area contributed by atoms with Crippen LogP contribution in [0.5, 0.6) is 0 Å². The average Bonchev–Trinajstić information content (AvgIpc) is 2.62. The van der Waals surface area contributed by atoms with Gasteiger partial charge in [-0.2, -0.15) is 0 Å². The Morgan fingerprint density at radius 3 is 2.93 bits per heavy atom. The van der Waals surface area contributed by atoms with Crippen LogP contribution in [0, 0.1) is 0 Å². The van der Waals surface area contributed by atoms with Crippen LogP contribution < -0.4 is 5.32 Å². The Morgan fingerprint density at radius 2 is 2.36 bits per heavy atom. The molecule has 6 nitrogen and oxygen atoms in total. The van der Waals surface area contributed by atoms with Crippen molar-refractivity contribution in [3.05, 3.63) is 0 Å². The Labute approximate surface area is 81.8 Å². The van der Waals surface area contributed by atoms with E-state index in [9.17, 15) is 9.59 Å². The fourth-order valence-electron chi connectivity index (χ4n) is 1.40. The molecule has 1 aliphatic rings. The van der Waals surface area contributed by atoms with Crippen molar-refractivity contribution in [2.75, 3.05) is 26.7 Å². The average molecular weight is 202 g/mol. The van der Waals surface area contributed by atoms with Crippen LogP contribution >= 0.6 is 0 Å². The molecule has 0 radical (unpaired) electrons. The molecule has 1 heterocycles. The highest BCUT2D eigenvalue weighted by molar-refractivity contribution is 5.74. The maximum absolute atomic E-state index is 11.1. The van der Waals surface area contributed by atoms with Crippen molar-refractivity contribution in [3.63, 3.8) is 0 Å². The van der Waals surface area contributed by atoms with Gasteiger partial charge < -0.3 is 20.1 Å². The molecular weight excluding hydrogens is 188 g/mol. The van der Waals surface area contributed by atoms with Gasteiger partial charge in [-0.1, -0.05) is 0 Å². The predicted octanol–water partition coefficient (Wildman–Crippen LogP) is -0.499. The van der Waals surface area contributed by atoms with E-state index in [1.165, 1.54) is 0 Å². The number of likely N-dealkylation sites (tertiary alicyclic amines) is 1. The Morgan fingerprint density at radius 1 is 1.64 bits per heavy atom. The van der Waals surface area contributed by atoms with Crippen molar-refractivity contribution in [1.82, 2.24) is 10.2 Å². The minimum atomic E-state index is -0.983. The summed E-state index contributed by atoms with van der Waals surface area (Å²) in [6.07, 6.45) is 0.546. The van der Waals surface area contributed by atoms with Gasteiger partial charge in [0, 0.05) is 20.1 Å². The first-order chi connectivity index (χ1) is 6.63. The van der Waals surface area contributed by atoms with Crippen molar-refractivity contribution in [1.29, 1.82) is 0 Å². The van der Waals surface area contributed by atoms with Crippen LogP contribution in [0.15, 0.2) is 0 Å². The molecule has 0 aromatic heterocycles. The number of nitrogens with zero attached hydrogens (tertiary/aromatic N) is 1. The van der Waals surface area contributed by atoms with Gasteiger partial charge in [0.15, 0.2) is 0 Å². The molecule has 0 saturated carbocycles. The zero-order valence-corrected chi connectivity index (χ0v) is 8.02. The fourth-order valence-corrected chi connectivity index (χ4v) is 1.40. The Kier molecular flexibility index (Phi) is 3.70. The molecule has 1 fully saturated rings. The van der Waals surface area contributed by atoms with E-state index in [4.69, 9.17) is 9.84 Å². The van der Waals surface area contributed by atoms with E-state index in [0.29, 0.717) is 19.5 Å². The molecule has 1 rings (SSSR count). The lowest BCUT2D eigenvalue weighted by Gasteiger charge is -2.15. The largest absolute Gasteiger partial charge is 0.480 e. The monoisotopic (exact) mass is 202 g/mol. The topological polar surface area (TPSA) is 78.9 Å². The van der Waals surface area contributed by atoms with Crippen molar-refractivity contribution >= 4 is 12.0 Å². The Bertz CT molecular complexity index is 231. The third-order valence-corrected chi connectivity index (χ3v) is 2.09. The minimum absolute atomic E-state index is 0.147. The summed E-state index contributed by atoms with van der Waals surface area (Å²) in [5.41, 5.74) is 0. The zero-order chi connectivity index (χ0) is 10.6. The van der Waals surface area contributed by atoms with Crippen LogP contribution in [0.2, 0.25) is 0 Å². The maximum Gasteiger partial charge on any atom is 0.329 e. The molecule has 14 heavy (non-hydrogen) atoms. The molecule has 80 valence electrons. The van der Waals surface area contributed by atoms with E-state index in [-0.39, 0.29) is 18.7 Å². The first-order valence-corrected chi connectivity index (χ1v) is 4.43. The van der Waals surface area contributed by atoms with E-state index in [1.54, 1.807) is 11.9 Å². The number of nitrogens with one attached hydrogen (secondary N) is 1. The van der Waals surface area contributed by atoms with Crippen LogP contribution in [-0.2, 0) is 9.53 Å². The van der Waals surface area contributed by atoms with Crippen LogP contribution in [0.25, 0.3) is 0 Å². The summed E-state index contributed by atoms with van der Waals surface area (Å²) in [7, 11) is 1.56. The molecule has 1 atom stereocenters. The van der Waals surface area contributed by atoms with Crippen molar-refractivity contribution < 1.29 is 19.4 Å². The lowest BCUT2D eigenvalue weighted by molar-refractivity contribution is -0.144. The van der Waals surface area contributed by atoms with Crippen LogP contribution in [0.3, 0.4) is 0 Å². The summed E-state index contributed by atoms with van der Waals surface area (Å²) in [5, 5.41) is 10.9. The standard InChI is InChI=1S/C8H14N2O4/c1-9-8(13)10-3-2-6(4-10)14-5-7(11)12/h6H,2-5H2,1H3,(H,9,13)(H,11,12). The lowest BCUT2D eigenvalue weighted by atomic mass is 10.3. The summed E-state index contributed by atoms with van der Waals surface area (Å²) in [6.45, 7) is 0.781. The zero-order valence-electron chi connectivity index (χ0n) is 8.02. The van der Waals surface area contributed by atoms with Crippen molar-refractivity contribution in [2.24, 2.45) is 0 Å². The highest BCUT2D eigenvalue weighted by Gasteiger charge is 2.26. The third kappa shape index (κ3) is 2.88. The summed E-state index contributed by atoms with van der Waals surface area (Å²) < 4.78 is 5.07. The number of amides is 2. The summed E-state index contributed by atoms with van der Waals surface area (Å²) in [5.74, 6) is -0.983. The van der Waals surface area contributed by atoms with Crippen LogP contribution in [0.1, 0.15) is 6.42 Å². The molecular formula is C8H14N2O4. The number of ether oxygens (including phenoxy) is 1. The van der Waals surface area contributed by atoms with Gasteiger partial charge in [-0.15, -0.1) is 0 Å². The SMILES string of the molecule is CNC(=O)N1CCC(OCC(=O)O)C1. The first kappa shape index (κ1) is 10.8. The third-order valence-electron chi connectivity index (χ3n) is 2.09. The van der Waals surface area contributed by atoms with Gasteiger partial charge in [-0.3, -0.25) is 0 Å². The number of carbonyl (C=O) groups excluding carboxylic acids is 1. The number of urea groups is 1. The highest BCUT2D eigenvalue weighted by atomic mass is 16.5. The number of hydrogen-bond donors (Lipinski definition) is 2. The minimum Gasteiger partial charge on any atom is -0.480 e. The highest BCUT2D eigenvalue weighted by Crippen LogP contribution is 2.12. The van der Waals surface area contributed by atoms with E-state index in [1.807, 2.05) is 0 Å². The van der Waals surface area contributed by atoms with Gasteiger partial charge in [-0.25, -0.2) is 9.59 Å². The molecule has 1 aliphatic heterocycles. The van der Waals surface area contributed by atoms with E-state index < -0.39 is 5.97 Å². The van der Waals surface area contributed by atoms with E-state index >= 15 is 0 Å². The molecule has 0 aromatic carbocycles. The predicted molar refractivity (Wildman–Crippen MR) is 48.0 cm³/mol. The van der Waals surface area contributed by atoms with Gasteiger partial charge >= 0.3 is 12.0 Å². The van der Waals surface area contributed by atoms with Gasteiger partial charge in [0.25, 0.3) is 0 Å². The van der Waals surface area contributed by atoms with Crippen LogP contribution in [0.4, 0.5) is 4.79 Å². The number of rotatable bonds is 3. The molecule has 1 unspecified atom stereocenters. The molecule has 2 amide bonds. The number of aliphatic carboxylic acids is 1. The molecule has 0 aromatic rings. The summed E-state index contributed by atoms with van der Waals surface area (Å²) in [6, 6.07) is -0.147. The quantitative estimate of drug-likeness (QED) is 0.646. The Hall–Kier alpha value is -1.30. The summed E-state index contributed by atoms with van der Waals surface area (Å²) in [4.78, 5) is 23.0. The molecule has 1 saturated heterocycles. The lowest BCUT2D eigenvalue weighted by Crippen LogP contribution is -2.37. The Balaban J connectivity index is 2.27. The molecule has 6 heteroatoms. The van der Waals surface area contributed by atoms with Crippen molar-refractivity contribution in [3.8, 4) is 0 Å². The van der Waals surface area contributed by atoms with Gasteiger partial charge in [0.2, 0.25) is 0 Å². The van der Waals surface area contributed by atoms with E-state index in [2.05, 4.69) is 5.32 Å². The summed E-state index contributed by atoms with van der Waals surface area (Å²) >= 11 is 0. The second kappa shape index (κ2) is 4.80. The molecule has 0 bridgehead atoms. The maximum atomic E-state index is 11.1. The van der Waals surface area contributed by atoms with E-state index in [0.717, 1.165) is 0 Å². The second-order valence-corrected chi connectivity index (χ2v) is 3.12. The molecule has 0 spiro atoms. The normalized spacial score (nSPS) is 20.9. The van der Waals surface area contributed by atoms with Crippen LogP contribution in [-0.4, -0.2) is 54.9 Å². The number of carboxylic acids is 1. The van der Waals surface area contributed by atoms with Gasteiger partial charge in [0.1, 0.15) is 6.61 Å². The van der Waals surface area contributed by atoms with Gasteiger partial charge in [-0.05, 0) is 6.42 Å². The second-order valence-electron chi connectivity index (χ2n) is 3.12. The number of hydrogen-bond acceptors (Lipinski definition) is 3. The van der Waals surface area contributed by atoms with Gasteiger partial charge in [0.05, 0.1) is 6.10 Å². The molecule has 0 aliphatic carbocycles. The first-order valence-electron chi connectivity index (χ1n) is 4.43.